The van der Waals surface area contributed by atoms with E-state index in [1.807, 2.05) is 31.1 Å². The highest BCUT2D eigenvalue weighted by atomic mass is 32.2. The molecule has 2 aromatic rings. The van der Waals surface area contributed by atoms with Gasteiger partial charge in [0.15, 0.2) is 5.82 Å². The fourth-order valence-electron chi connectivity index (χ4n) is 2.61. The van der Waals surface area contributed by atoms with Gasteiger partial charge in [-0.05, 0) is 43.9 Å². The second-order valence-electron chi connectivity index (χ2n) is 6.90. The van der Waals surface area contributed by atoms with Gasteiger partial charge in [-0.1, -0.05) is 12.1 Å². The summed E-state index contributed by atoms with van der Waals surface area (Å²) in [6.07, 6.45) is -0.0268. The molecule has 0 spiro atoms. The SMILES string of the molecule is CN(C)Cc1ccc(CSCCNC(=C[N+](=O)[O-])NCC(O)c2ccc(O)cc2)o1. The number of hydrogen-bond acceptors (Lipinski definition) is 9. The first-order valence-corrected chi connectivity index (χ1v) is 10.6. The van der Waals surface area contributed by atoms with Crippen molar-refractivity contribution in [3.63, 3.8) is 0 Å². The van der Waals surface area contributed by atoms with Crippen molar-refractivity contribution in [3.8, 4) is 5.75 Å². The molecule has 1 unspecified atom stereocenters. The van der Waals surface area contributed by atoms with Gasteiger partial charge in [-0.25, -0.2) is 0 Å². The highest BCUT2D eigenvalue weighted by molar-refractivity contribution is 7.98. The molecular weight excluding hydrogens is 408 g/mol. The maximum Gasteiger partial charge on any atom is 0.274 e. The minimum absolute atomic E-state index is 0.0889. The number of nitro groups is 1. The van der Waals surface area contributed by atoms with Crippen LogP contribution >= 0.6 is 11.8 Å². The summed E-state index contributed by atoms with van der Waals surface area (Å²) in [5, 5.41) is 36.2. The third-order valence-corrected chi connectivity index (χ3v) is 4.98. The van der Waals surface area contributed by atoms with Crippen LogP contribution < -0.4 is 10.6 Å². The molecule has 10 heteroatoms. The zero-order valence-electron chi connectivity index (χ0n) is 17.1. The summed E-state index contributed by atoms with van der Waals surface area (Å²) in [4.78, 5) is 12.3. The van der Waals surface area contributed by atoms with E-state index in [0.717, 1.165) is 35.8 Å². The summed E-state index contributed by atoms with van der Waals surface area (Å²) in [5.74, 6) is 3.59. The molecule has 1 atom stereocenters. The molecule has 0 saturated carbocycles. The Bertz CT molecular complexity index is 823. The molecule has 1 aromatic heterocycles. The molecule has 9 nitrogen and oxygen atoms in total. The van der Waals surface area contributed by atoms with Gasteiger partial charge in [0.05, 0.1) is 23.3 Å². The number of aliphatic hydroxyl groups is 1. The topological polar surface area (TPSA) is 124 Å². The first kappa shape index (κ1) is 23.6. The number of thioether (sulfide) groups is 1. The van der Waals surface area contributed by atoms with Crippen molar-refractivity contribution in [2.45, 2.75) is 18.4 Å². The number of benzene rings is 1. The van der Waals surface area contributed by atoms with E-state index >= 15 is 0 Å². The fourth-order valence-corrected chi connectivity index (χ4v) is 3.35. The number of rotatable bonds is 13. The summed E-state index contributed by atoms with van der Waals surface area (Å²) in [5.41, 5.74) is 0.600. The third-order valence-electron chi connectivity index (χ3n) is 3.99. The van der Waals surface area contributed by atoms with Gasteiger partial charge in [-0.3, -0.25) is 10.1 Å². The van der Waals surface area contributed by atoms with Crippen LogP contribution in [0.25, 0.3) is 0 Å². The van der Waals surface area contributed by atoms with Gasteiger partial charge in [-0.15, -0.1) is 0 Å². The van der Waals surface area contributed by atoms with Crippen LogP contribution in [0.4, 0.5) is 0 Å². The van der Waals surface area contributed by atoms with Crippen LogP contribution in [0.5, 0.6) is 5.75 Å². The lowest BCUT2D eigenvalue weighted by atomic mass is 10.1. The molecule has 0 radical (unpaired) electrons. The van der Waals surface area contributed by atoms with Crippen LogP contribution in [-0.4, -0.2) is 53.0 Å². The van der Waals surface area contributed by atoms with Gasteiger partial charge < -0.3 is 30.2 Å². The highest BCUT2D eigenvalue weighted by Crippen LogP contribution is 2.17. The van der Waals surface area contributed by atoms with Crippen molar-refractivity contribution in [1.29, 1.82) is 0 Å². The fraction of sp³-hybridized carbons (Fsp3) is 0.400. The summed E-state index contributed by atoms with van der Waals surface area (Å²) in [6.45, 7) is 1.35. The Hall–Kier alpha value is -2.69. The van der Waals surface area contributed by atoms with E-state index in [0.29, 0.717) is 12.1 Å². The minimum atomic E-state index is -0.868. The van der Waals surface area contributed by atoms with Gasteiger partial charge in [0.2, 0.25) is 0 Å². The Morgan fingerprint density at radius 3 is 2.60 bits per heavy atom. The Morgan fingerprint density at radius 1 is 1.23 bits per heavy atom. The van der Waals surface area contributed by atoms with Crippen LogP contribution in [0.15, 0.2) is 52.8 Å². The highest BCUT2D eigenvalue weighted by Gasteiger charge is 2.10. The van der Waals surface area contributed by atoms with Crippen LogP contribution in [0.3, 0.4) is 0 Å². The van der Waals surface area contributed by atoms with E-state index in [1.54, 1.807) is 23.9 Å². The molecule has 0 fully saturated rings. The summed E-state index contributed by atoms with van der Waals surface area (Å²) in [7, 11) is 3.97. The summed E-state index contributed by atoms with van der Waals surface area (Å²) in [6, 6.07) is 10.1. The van der Waals surface area contributed by atoms with Gasteiger partial charge >= 0.3 is 0 Å². The Morgan fingerprint density at radius 2 is 1.93 bits per heavy atom. The molecule has 2 rings (SSSR count). The van der Waals surface area contributed by atoms with Gasteiger partial charge in [-0.2, -0.15) is 11.8 Å². The lowest BCUT2D eigenvalue weighted by Crippen LogP contribution is -2.31. The molecule has 30 heavy (non-hydrogen) atoms. The van der Waals surface area contributed by atoms with Crippen LogP contribution in [0, 0.1) is 10.1 Å². The number of aromatic hydroxyl groups is 1. The second kappa shape index (κ2) is 12.1. The van der Waals surface area contributed by atoms with Crippen LogP contribution in [0.1, 0.15) is 23.2 Å². The number of furan rings is 1. The minimum Gasteiger partial charge on any atom is -0.508 e. The normalized spacial score (nSPS) is 12.7. The Kier molecular flexibility index (Phi) is 9.52. The molecule has 4 N–H and O–H groups in total. The molecular formula is C20H28N4O5S. The number of hydrogen-bond donors (Lipinski definition) is 4. The van der Waals surface area contributed by atoms with E-state index < -0.39 is 11.0 Å². The van der Waals surface area contributed by atoms with Crippen molar-refractivity contribution in [2.75, 3.05) is 32.9 Å². The van der Waals surface area contributed by atoms with Gasteiger partial charge in [0, 0.05) is 18.8 Å². The number of nitrogens with one attached hydrogen (secondary N) is 2. The average molecular weight is 437 g/mol. The van der Waals surface area contributed by atoms with Crippen LogP contribution in [-0.2, 0) is 12.3 Å². The van der Waals surface area contributed by atoms with Crippen molar-refractivity contribution >= 4 is 11.8 Å². The van der Waals surface area contributed by atoms with Crippen molar-refractivity contribution in [3.05, 3.63) is 75.6 Å². The lowest BCUT2D eigenvalue weighted by molar-refractivity contribution is -0.404. The molecule has 0 saturated heterocycles. The van der Waals surface area contributed by atoms with E-state index in [2.05, 4.69) is 10.6 Å². The first-order valence-electron chi connectivity index (χ1n) is 9.43. The number of nitrogens with zero attached hydrogens (tertiary/aromatic N) is 2. The largest absolute Gasteiger partial charge is 0.508 e. The van der Waals surface area contributed by atoms with E-state index in [9.17, 15) is 20.3 Å². The Labute approximate surface area is 179 Å². The number of phenolic OH excluding ortho intramolecular Hbond substituents is 1. The lowest BCUT2D eigenvalue weighted by Gasteiger charge is -2.15. The monoisotopic (exact) mass is 436 g/mol. The predicted molar refractivity (Wildman–Crippen MR) is 116 cm³/mol. The average Bonchev–Trinajstić information content (AvgIpc) is 3.12. The molecule has 0 amide bonds. The number of aliphatic hydroxyl groups excluding tert-OH is 1. The van der Waals surface area contributed by atoms with Crippen molar-refractivity contribution in [2.24, 2.45) is 0 Å². The Balaban J connectivity index is 1.73. The van der Waals surface area contributed by atoms with Crippen molar-refractivity contribution < 1.29 is 19.6 Å². The first-order chi connectivity index (χ1) is 14.3. The summed E-state index contributed by atoms with van der Waals surface area (Å²) >= 11 is 1.65. The van der Waals surface area contributed by atoms with Gasteiger partial charge in [0.1, 0.15) is 17.3 Å². The molecule has 164 valence electrons. The summed E-state index contributed by atoms with van der Waals surface area (Å²) < 4.78 is 5.75. The molecule has 1 heterocycles. The number of phenols is 1. The zero-order chi connectivity index (χ0) is 21.9. The molecule has 0 bridgehead atoms. The van der Waals surface area contributed by atoms with Gasteiger partial charge in [0.25, 0.3) is 6.20 Å². The quantitative estimate of drug-likeness (QED) is 0.213. The molecule has 1 aromatic carbocycles. The molecule has 0 aliphatic rings. The van der Waals surface area contributed by atoms with E-state index in [-0.39, 0.29) is 18.1 Å². The van der Waals surface area contributed by atoms with Crippen molar-refractivity contribution in [1.82, 2.24) is 15.5 Å². The third kappa shape index (κ3) is 8.76. The predicted octanol–water partition coefficient (Wildman–Crippen LogP) is 2.27. The van der Waals surface area contributed by atoms with Crippen LogP contribution in [0.2, 0.25) is 0 Å². The standard InChI is InChI=1S/C20H28N4O5S/c1-23(2)12-17-7-8-18(29-17)14-30-10-9-21-20(13-24(27)28)22-11-19(26)15-3-5-16(25)6-4-15/h3-8,13,19,21-22,25-26H,9-12,14H2,1-2H3. The maximum atomic E-state index is 10.9. The zero-order valence-corrected chi connectivity index (χ0v) is 17.9. The molecule has 0 aliphatic heterocycles. The van der Waals surface area contributed by atoms with E-state index in [1.165, 1.54) is 12.1 Å². The maximum absolute atomic E-state index is 10.9. The second-order valence-corrected chi connectivity index (χ2v) is 8.01. The van der Waals surface area contributed by atoms with E-state index in [4.69, 9.17) is 4.42 Å². The molecule has 0 aliphatic carbocycles. The smallest absolute Gasteiger partial charge is 0.274 e.